The maximum Gasteiger partial charge on any atom is 0.242 e. The largest absolute Gasteiger partial charge is 0.376 e. The van der Waals surface area contributed by atoms with Gasteiger partial charge in [0.25, 0.3) is 0 Å². The van der Waals surface area contributed by atoms with E-state index in [0.717, 1.165) is 36.3 Å². The van der Waals surface area contributed by atoms with Gasteiger partial charge in [-0.1, -0.05) is 47.1 Å². The number of rotatable bonds is 6. The standard InChI is InChI=1S/C24H26ClN3O3S/c1-15-8-10-17(11-9-15)26-24-28(14-18-5-4-12-31-18)23(30)21(32-24)13-22(29)27-20-7-3-6-19(25)16(20)2/h3,6-11,18,21H,4-5,12-14H2,1-2H3,(H,27,29)/t18-,21-/m1/s1. The van der Waals surface area contributed by atoms with Gasteiger partial charge in [0.2, 0.25) is 11.8 Å². The van der Waals surface area contributed by atoms with Crippen LogP contribution in [0.1, 0.15) is 30.4 Å². The summed E-state index contributed by atoms with van der Waals surface area (Å²) < 4.78 is 5.75. The van der Waals surface area contributed by atoms with E-state index in [0.29, 0.717) is 22.4 Å². The molecule has 8 heteroatoms. The number of anilines is 1. The van der Waals surface area contributed by atoms with Crippen LogP contribution in [0.5, 0.6) is 0 Å². The first-order valence-electron chi connectivity index (χ1n) is 10.7. The number of amides is 2. The van der Waals surface area contributed by atoms with Crippen molar-refractivity contribution in [3.8, 4) is 0 Å². The van der Waals surface area contributed by atoms with Crippen LogP contribution in [0.4, 0.5) is 11.4 Å². The molecule has 2 amide bonds. The SMILES string of the molecule is Cc1ccc(N=C2S[C@H](CC(=O)Nc3cccc(Cl)c3C)C(=O)N2C[C@H]2CCCO2)cc1. The molecule has 1 N–H and O–H groups in total. The first kappa shape index (κ1) is 22.8. The molecule has 2 atom stereocenters. The molecule has 2 aliphatic rings. The summed E-state index contributed by atoms with van der Waals surface area (Å²) in [6, 6.07) is 13.2. The molecular weight excluding hydrogens is 446 g/mol. The third-order valence-corrected chi connectivity index (χ3v) is 7.19. The summed E-state index contributed by atoms with van der Waals surface area (Å²) in [7, 11) is 0. The Morgan fingerprint density at radius 3 is 2.75 bits per heavy atom. The smallest absolute Gasteiger partial charge is 0.242 e. The number of amidine groups is 1. The lowest BCUT2D eigenvalue weighted by molar-refractivity contribution is -0.129. The Balaban J connectivity index is 1.50. The summed E-state index contributed by atoms with van der Waals surface area (Å²) in [5, 5.41) is 3.56. The van der Waals surface area contributed by atoms with Crippen molar-refractivity contribution in [2.24, 2.45) is 4.99 Å². The van der Waals surface area contributed by atoms with Crippen molar-refractivity contribution in [2.75, 3.05) is 18.5 Å². The summed E-state index contributed by atoms with van der Waals surface area (Å²) in [5.41, 5.74) is 3.38. The molecule has 0 bridgehead atoms. The van der Waals surface area contributed by atoms with Crippen LogP contribution in [0.2, 0.25) is 5.02 Å². The number of aryl methyl sites for hydroxylation is 1. The van der Waals surface area contributed by atoms with Crippen LogP contribution >= 0.6 is 23.4 Å². The Kier molecular flexibility index (Phi) is 7.18. The normalized spacial score (nSPS) is 22.0. The minimum atomic E-state index is -0.528. The highest BCUT2D eigenvalue weighted by atomic mass is 35.5. The van der Waals surface area contributed by atoms with E-state index < -0.39 is 5.25 Å². The maximum atomic E-state index is 13.2. The van der Waals surface area contributed by atoms with Gasteiger partial charge in [-0.2, -0.15) is 0 Å². The molecule has 0 aromatic heterocycles. The fourth-order valence-electron chi connectivity index (χ4n) is 3.73. The van der Waals surface area contributed by atoms with Gasteiger partial charge < -0.3 is 10.1 Å². The number of hydrogen-bond acceptors (Lipinski definition) is 5. The Bertz CT molecular complexity index is 1040. The quantitative estimate of drug-likeness (QED) is 0.636. The van der Waals surface area contributed by atoms with Crippen molar-refractivity contribution in [3.63, 3.8) is 0 Å². The molecule has 0 unspecified atom stereocenters. The molecule has 32 heavy (non-hydrogen) atoms. The van der Waals surface area contributed by atoms with Gasteiger partial charge in [-0.3, -0.25) is 14.5 Å². The lowest BCUT2D eigenvalue weighted by Crippen LogP contribution is -2.38. The number of aliphatic imine (C=N–C) groups is 1. The summed E-state index contributed by atoms with van der Waals surface area (Å²) >= 11 is 7.49. The first-order valence-corrected chi connectivity index (χ1v) is 12.0. The van der Waals surface area contributed by atoms with Crippen LogP contribution in [0, 0.1) is 13.8 Å². The van der Waals surface area contributed by atoms with Gasteiger partial charge in [-0.15, -0.1) is 0 Å². The van der Waals surface area contributed by atoms with Crippen LogP contribution in [-0.4, -0.2) is 46.4 Å². The van der Waals surface area contributed by atoms with Gasteiger partial charge in [-0.25, -0.2) is 4.99 Å². The summed E-state index contributed by atoms with van der Waals surface area (Å²) in [5.74, 6) is -0.329. The molecule has 2 aliphatic heterocycles. The number of ether oxygens (including phenoxy) is 1. The lowest BCUT2D eigenvalue weighted by atomic mass is 10.2. The Morgan fingerprint density at radius 2 is 2.03 bits per heavy atom. The predicted molar refractivity (Wildman–Crippen MR) is 130 cm³/mol. The molecule has 4 rings (SSSR count). The zero-order valence-corrected chi connectivity index (χ0v) is 19.7. The maximum absolute atomic E-state index is 13.2. The monoisotopic (exact) mass is 471 g/mol. The first-order chi connectivity index (χ1) is 15.4. The zero-order chi connectivity index (χ0) is 22.7. The van der Waals surface area contributed by atoms with Gasteiger partial charge in [0, 0.05) is 23.7 Å². The molecule has 0 saturated carbocycles. The molecule has 2 heterocycles. The zero-order valence-electron chi connectivity index (χ0n) is 18.1. The highest BCUT2D eigenvalue weighted by Gasteiger charge is 2.40. The van der Waals surface area contributed by atoms with Crippen LogP contribution in [0.15, 0.2) is 47.5 Å². The van der Waals surface area contributed by atoms with Crippen molar-refractivity contribution >= 4 is 51.7 Å². The second-order valence-electron chi connectivity index (χ2n) is 8.08. The molecular formula is C24H26ClN3O3S. The molecule has 168 valence electrons. The van der Waals surface area contributed by atoms with E-state index in [1.807, 2.05) is 38.1 Å². The predicted octanol–water partition coefficient (Wildman–Crippen LogP) is 5.10. The van der Waals surface area contributed by atoms with E-state index in [-0.39, 0.29) is 24.3 Å². The van der Waals surface area contributed by atoms with Gasteiger partial charge >= 0.3 is 0 Å². The van der Waals surface area contributed by atoms with Crippen molar-refractivity contribution in [3.05, 3.63) is 58.6 Å². The summed E-state index contributed by atoms with van der Waals surface area (Å²) in [6.07, 6.45) is 1.98. The minimum absolute atomic E-state index is 0.00412. The second kappa shape index (κ2) is 10.1. The molecule has 6 nitrogen and oxygen atoms in total. The van der Waals surface area contributed by atoms with Gasteiger partial charge in [0.1, 0.15) is 5.25 Å². The second-order valence-corrected chi connectivity index (χ2v) is 9.66. The van der Waals surface area contributed by atoms with E-state index in [4.69, 9.17) is 21.3 Å². The molecule has 2 aromatic carbocycles. The fourth-order valence-corrected chi connectivity index (χ4v) is 5.07. The Hall–Kier alpha value is -2.35. The third-order valence-electron chi connectivity index (χ3n) is 5.60. The molecule has 2 aromatic rings. The molecule has 0 spiro atoms. The number of benzene rings is 2. The number of carbonyl (C=O) groups excluding carboxylic acids is 2. The van der Waals surface area contributed by atoms with Crippen molar-refractivity contribution < 1.29 is 14.3 Å². The van der Waals surface area contributed by atoms with Crippen molar-refractivity contribution in [1.82, 2.24) is 4.90 Å². The van der Waals surface area contributed by atoms with E-state index in [2.05, 4.69) is 5.32 Å². The molecule has 2 saturated heterocycles. The molecule has 0 aliphatic carbocycles. The minimum Gasteiger partial charge on any atom is -0.376 e. The summed E-state index contributed by atoms with van der Waals surface area (Å²) in [6.45, 7) is 5.05. The van der Waals surface area contributed by atoms with E-state index in [1.54, 1.807) is 23.1 Å². The number of hydrogen-bond donors (Lipinski definition) is 1. The highest BCUT2D eigenvalue weighted by Crippen LogP contribution is 2.33. The molecule has 2 fully saturated rings. The highest BCUT2D eigenvalue weighted by molar-refractivity contribution is 8.15. The van der Waals surface area contributed by atoms with E-state index >= 15 is 0 Å². The Morgan fingerprint density at radius 1 is 1.25 bits per heavy atom. The number of nitrogens with one attached hydrogen (secondary N) is 1. The van der Waals surface area contributed by atoms with Gasteiger partial charge in [0.05, 0.1) is 18.3 Å². The number of carbonyl (C=O) groups is 2. The van der Waals surface area contributed by atoms with Gasteiger partial charge in [0.15, 0.2) is 5.17 Å². The van der Waals surface area contributed by atoms with Crippen molar-refractivity contribution in [1.29, 1.82) is 0 Å². The Labute approximate surface area is 197 Å². The van der Waals surface area contributed by atoms with E-state index in [9.17, 15) is 9.59 Å². The number of thioether (sulfide) groups is 1. The van der Waals surface area contributed by atoms with Crippen LogP contribution in [0.25, 0.3) is 0 Å². The number of halogens is 1. The van der Waals surface area contributed by atoms with Crippen LogP contribution < -0.4 is 5.32 Å². The average Bonchev–Trinajstić information content (AvgIpc) is 3.37. The average molecular weight is 472 g/mol. The van der Waals surface area contributed by atoms with Crippen molar-refractivity contribution in [2.45, 2.75) is 44.5 Å². The third kappa shape index (κ3) is 5.34. The summed E-state index contributed by atoms with van der Waals surface area (Å²) in [4.78, 5) is 32.4. The van der Waals surface area contributed by atoms with Crippen LogP contribution in [-0.2, 0) is 14.3 Å². The number of nitrogens with zero attached hydrogens (tertiary/aromatic N) is 2. The van der Waals surface area contributed by atoms with Crippen LogP contribution in [0.3, 0.4) is 0 Å². The lowest BCUT2D eigenvalue weighted by Gasteiger charge is -2.20. The topological polar surface area (TPSA) is 71.0 Å². The fraction of sp³-hybridized carbons (Fsp3) is 0.375. The van der Waals surface area contributed by atoms with E-state index in [1.165, 1.54) is 11.8 Å². The molecule has 0 radical (unpaired) electrons. The van der Waals surface area contributed by atoms with Gasteiger partial charge in [-0.05, 0) is 56.5 Å².